The first kappa shape index (κ1) is 19.1. The van der Waals surface area contributed by atoms with Crippen molar-refractivity contribution in [1.82, 2.24) is 9.97 Å². The Hall–Kier alpha value is -4.20. The van der Waals surface area contributed by atoms with E-state index >= 15 is 0 Å². The van der Waals surface area contributed by atoms with E-state index in [-0.39, 0.29) is 22.5 Å². The average molecular weight is 404 g/mol. The molecule has 0 bridgehead atoms. The van der Waals surface area contributed by atoms with Gasteiger partial charge in [0.2, 0.25) is 0 Å². The van der Waals surface area contributed by atoms with Crippen LogP contribution in [0, 0.1) is 11.6 Å². The predicted octanol–water partition coefficient (Wildman–Crippen LogP) is 4.78. The number of nitrogens with one attached hydrogen (secondary N) is 2. The molecular weight excluding hydrogens is 390 g/mol. The van der Waals surface area contributed by atoms with Crippen molar-refractivity contribution in [3.05, 3.63) is 95.8 Å². The van der Waals surface area contributed by atoms with Gasteiger partial charge in [-0.25, -0.2) is 13.6 Å². The first-order chi connectivity index (χ1) is 14.5. The highest BCUT2D eigenvalue weighted by molar-refractivity contribution is 6.11. The normalized spacial score (nSPS) is 10.6. The highest BCUT2D eigenvalue weighted by Crippen LogP contribution is 2.22. The molecule has 4 rings (SSSR count). The van der Waals surface area contributed by atoms with Gasteiger partial charge in [0.15, 0.2) is 11.6 Å². The minimum absolute atomic E-state index is 0.185. The van der Waals surface area contributed by atoms with E-state index in [1.165, 1.54) is 60.9 Å². The van der Waals surface area contributed by atoms with Gasteiger partial charge < -0.3 is 10.6 Å². The molecule has 8 heteroatoms. The van der Waals surface area contributed by atoms with Gasteiger partial charge in [-0.1, -0.05) is 12.1 Å². The first-order valence-corrected chi connectivity index (χ1v) is 8.89. The third-order valence-corrected chi connectivity index (χ3v) is 4.31. The molecule has 30 heavy (non-hydrogen) atoms. The van der Waals surface area contributed by atoms with E-state index in [4.69, 9.17) is 0 Å². The van der Waals surface area contributed by atoms with Gasteiger partial charge in [0.05, 0.1) is 22.3 Å². The van der Waals surface area contributed by atoms with E-state index in [1.54, 1.807) is 6.07 Å². The maximum absolute atomic E-state index is 14.9. The summed E-state index contributed by atoms with van der Waals surface area (Å²) in [5.74, 6) is -1.96. The van der Waals surface area contributed by atoms with Crippen LogP contribution >= 0.6 is 0 Å². The van der Waals surface area contributed by atoms with Crippen LogP contribution in [0.5, 0.6) is 0 Å². The molecule has 2 N–H and O–H groups in total. The molecule has 0 spiro atoms. The molecular formula is C22H14F2N4O2. The number of benzene rings is 3. The molecule has 0 aliphatic heterocycles. The van der Waals surface area contributed by atoms with Crippen LogP contribution in [0.15, 0.2) is 73.1 Å². The van der Waals surface area contributed by atoms with Crippen molar-refractivity contribution >= 4 is 34.2 Å². The Bertz CT molecular complexity index is 1280. The van der Waals surface area contributed by atoms with Gasteiger partial charge in [-0.2, -0.15) is 0 Å². The molecule has 0 saturated carbocycles. The Balaban J connectivity index is 1.57. The summed E-state index contributed by atoms with van der Waals surface area (Å²) >= 11 is 0. The SMILES string of the molecule is O=C(Nc1cccc(F)c1)Nc1cccc(C(=O)c2ccc3nccnc3c2)c1F. The largest absolute Gasteiger partial charge is 0.323 e. The van der Waals surface area contributed by atoms with Crippen molar-refractivity contribution in [2.75, 3.05) is 10.6 Å². The van der Waals surface area contributed by atoms with Crippen molar-refractivity contribution in [1.29, 1.82) is 0 Å². The fourth-order valence-electron chi connectivity index (χ4n) is 2.91. The van der Waals surface area contributed by atoms with Crippen LogP contribution in [0.25, 0.3) is 11.0 Å². The van der Waals surface area contributed by atoms with Crippen LogP contribution in [0.3, 0.4) is 0 Å². The van der Waals surface area contributed by atoms with Crippen LogP contribution in [-0.2, 0) is 0 Å². The van der Waals surface area contributed by atoms with Crippen molar-refractivity contribution < 1.29 is 18.4 Å². The van der Waals surface area contributed by atoms with E-state index < -0.39 is 23.4 Å². The fourth-order valence-corrected chi connectivity index (χ4v) is 2.91. The fraction of sp³-hybridized carbons (Fsp3) is 0. The van der Waals surface area contributed by atoms with Crippen molar-refractivity contribution in [3.8, 4) is 0 Å². The molecule has 0 aliphatic rings. The first-order valence-electron chi connectivity index (χ1n) is 8.89. The van der Waals surface area contributed by atoms with Gasteiger partial charge in [-0.15, -0.1) is 0 Å². The summed E-state index contributed by atoms with van der Waals surface area (Å²) in [6.45, 7) is 0. The maximum Gasteiger partial charge on any atom is 0.323 e. The Labute approximate surface area is 169 Å². The van der Waals surface area contributed by atoms with Gasteiger partial charge >= 0.3 is 6.03 Å². The topological polar surface area (TPSA) is 84.0 Å². The van der Waals surface area contributed by atoms with E-state index in [0.29, 0.717) is 11.0 Å². The Morgan fingerprint density at radius 1 is 0.800 bits per heavy atom. The van der Waals surface area contributed by atoms with Gasteiger partial charge in [0.25, 0.3) is 0 Å². The monoisotopic (exact) mass is 404 g/mol. The summed E-state index contributed by atoms with van der Waals surface area (Å²) in [5.41, 5.74) is 1.17. The number of rotatable bonds is 4. The molecule has 0 atom stereocenters. The molecule has 0 unspecified atom stereocenters. The third-order valence-electron chi connectivity index (χ3n) is 4.31. The highest BCUT2D eigenvalue weighted by Gasteiger charge is 2.18. The van der Waals surface area contributed by atoms with E-state index in [9.17, 15) is 18.4 Å². The lowest BCUT2D eigenvalue weighted by atomic mass is 10.0. The van der Waals surface area contributed by atoms with E-state index in [0.717, 1.165) is 6.07 Å². The molecule has 3 aromatic carbocycles. The number of hydrogen-bond donors (Lipinski definition) is 2. The van der Waals surface area contributed by atoms with Gasteiger partial charge in [0, 0.05) is 23.6 Å². The predicted molar refractivity (Wildman–Crippen MR) is 108 cm³/mol. The summed E-state index contributed by atoms with van der Waals surface area (Å²) in [4.78, 5) is 33.2. The summed E-state index contributed by atoms with van der Waals surface area (Å²) in [5, 5.41) is 4.73. The smallest absolute Gasteiger partial charge is 0.308 e. The zero-order valence-electron chi connectivity index (χ0n) is 15.4. The average Bonchev–Trinajstić information content (AvgIpc) is 2.74. The second-order valence-electron chi connectivity index (χ2n) is 6.35. The number of urea groups is 1. The van der Waals surface area contributed by atoms with Gasteiger partial charge in [-0.3, -0.25) is 14.8 Å². The standard InChI is InChI=1S/C22H14F2N4O2/c23-14-3-1-4-15(12-14)27-22(30)28-18-6-2-5-16(20(18)24)21(29)13-7-8-17-19(11-13)26-10-9-25-17/h1-12H,(H2,27,28,30). The molecule has 0 saturated heterocycles. The number of carbonyl (C=O) groups is 2. The summed E-state index contributed by atoms with van der Waals surface area (Å²) in [6, 6.07) is 13.3. The Morgan fingerprint density at radius 2 is 1.57 bits per heavy atom. The molecule has 6 nitrogen and oxygen atoms in total. The summed E-state index contributed by atoms with van der Waals surface area (Å²) in [7, 11) is 0. The number of anilines is 2. The minimum atomic E-state index is -0.879. The second kappa shape index (κ2) is 8.04. The van der Waals surface area contributed by atoms with E-state index in [1.807, 2.05) is 0 Å². The summed E-state index contributed by atoms with van der Waals surface area (Å²) in [6.07, 6.45) is 3.03. The molecule has 1 heterocycles. The van der Waals surface area contributed by atoms with Crippen molar-refractivity contribution in [2.45, 2.75) is 0 Å². The molecule has 0 aliphatic carbocycles. The number of aromatic nitrogens is 2. The number of amides is 2. The number of hydrogen-bond acceptors (Lipinski definition) is 4. The number of halogens is 2. The van der Waals surface area contributed by atoms with Crippen LogP contribution in [0.1, 0.15) is 15.9 Å². The van der Waals surface area contributed by atoms with Gasteiger partial charge in [-0.05, 0) is 48.5 Å². The van der Waals surface area contributed by atoms with Crippen LogP contribution in [-0.4, -0.2) is 21.8 Å². The van der Waals surface area contributed by atoms with Crippen molar-refractivity contribution in [3.63, 3.8) is 0 Å². The zero-order valence-corrected chi connectivity index (χ0v) is 15.4. The highest BCUT2D eigenvalue weighted by atomic mass is 19.1. The van der Waals surface area contributed by atoms with Crippen LogP contribution in [0.4, 0.5) is 25.0 Å². The third kappa shape index (κ3) is 3.97. The second-order valence-corrected chi connectivity index (χ2v) is 6.35. The molecule has 1 aromatic heterocycles. The zero-order chi connectivity index (χ0) is 21.1. The lowest BCUT2D eigenvalue weighted by Crippen LogP contribution is -2.21. The number of ketones is 1. The van der Waals surface area contributed by atoms with Crippen LogP contribution in [0.2, 0.25) is 0 Å². The minimum Gasteiger partial charge on any atom is -0.308 e. The molecule has 2 amide bonds. The lowest BCUT2D eigenvalue weighted by Gasteiger charge is -2.11. The number of nitrogens with zero attached hydrogens (tertiary/aromatic N) is 2. The van der Waals surface area contributed by atoms with Crippen molar-refractivity contribution in [2.24, 2.45) is 0 Å². The van der Waals surface area contributed by atoms with Gasteiger partial charge in [0.1, 0.15) is 5.82 Å². The Morgan fingerprint density at radius 3 is 2.37 bits per heavy atom. The quantitative estimate of drug-likeness (QED) is 0.480. The molecule has 0 fully saturated rings. The lowest BCUT2D eigenvalue weighted by molar-refractivity contribution is 0.103. The Kier molecular flexibility index (Phi) is 5.13. The summed E-state index contributed by atoms with van der Waals surface area (Å²) < 4.78 is 28.2. The number of carbonyl (C=O) groups excluding carboxylic acids is 2. The molecule has 148 valence electrons. The number of fused-ring (bicyclic) bond motifs is 1. The molecule has 0 radical (unpaired) electrons. The van der Waals surface area contributed by atoms with E-state index in [2.05, 4.69) is 20.6 Å². The maximum atomic E-state index is 14.9. The van der Waals surface area contributed by atoms with Crippen LogP contribution < -0.4 is 10.6 Å². The molecule has 4 aromatic rings.